The summed E-state index contributed by atoms with van der Waals surface area (Å²) in [7, 11) is 0. The van der Waals surface area contributed by atoms with Crippen LogP contribution in [-0.4, -0.2) is 11.6 Å². The Morgan fingerprint density at radius 1 is 1.60 bits per heavy atom. The maximum atomic E-state index is 11.5. The molecule has 1 saturated carbocycles. The number of hydrogen-bond acceptors (Lipinski definition) is 3. The monoisotopic (exact) mass is 270 g/mol. The van der Waals surface area contributed by atoms with Crippen LogP contribution in [0.4, 0.5) is 0 Å². The molecule has 1 N–H and O–H groups in total. The van der Waals surface area contributed by atoms with E-state index in [1.54, 1.807) is 12.1 Å². The largest absolute Gasteiger partial charge is 0.444 e. The summed E-state index contributed by atoms with van der Waals surface area (Å²) in [4.78, 5) is 11.5. The molecule has 0 bridgehead atoms. The first-order chi connectivity index (χ1) is 7.16. The van der Waals surface area contributed by atoms with Crippen molar-refractivity contribution in [3.8, 4) is 0 Å². The third kappa shape index (κ3) is 2.68. The molecule has 1 fully saturated rings. The van der Waals surface area contributed by atoms with Crippen LogP contribution >= 0.6 is 15.9 Å². The minimum absolute atomic E-state index is 0.259. The summed E-state index contributed by atoms with van der Waals surface area (Å²) in [6, 6.07) is 3.27. The fourth-order valence-corrected chi connectivity index (χ4v) is 1.53. The summed E-state index contributed by atoms with van der Waals surface area (Å²) in [6.45, 7) is 1.93. The van der Waals surface area contributed by atoms with Gasteiger partial charge in [0.2, 0.25) is 0 Å². The molecule has 0 atom stereocenters. The molecule has 5 heteroatoms. The molecule has 2 rings (SSSR count). The van der Waals surface area contributed by atoms with E-state index in [-0.39, 0.29) is 11.7 Å². The average molecular weight is 271 g/mol. The number of hydrazone groups is 1. The molecule has 1 heterocycles. The van der Waals surface area contributed by atoms with E-state index in [0.717, 1.165) is 5.71 Å². The Kier molecular flexibility index (Phi) is 2.90. The summed E-state index contributed by atoms with van der Waals surface area (Å²) in [5.41, 5.74) is 3.45. The van der Waals surface area contributed by atoms with Gasteiger partial charge in [-0.1, -0.05) is 0 Å². The van der Waals surface area contributed by atoms with Crippen LogP contribution in [0.5, 0.6) is 0 Å². The Bertz CT molecular complexity index is 407. The Morgan fingerprint density at radius 2 is 2.33 bits per heavy atom. The summed E-state index contributed by atoms with van der Waals surface area (Å²) in [5.74, 6) is 0.503. The lowest BCUT2D eigenvalue weighted by molar-refractivity contribution is 0.0925. The number of furan rings is 1. The smallest absolute Gasteiger partial charge is 0.307 e. The van der Waals surface area contributed by atoms with Crippen molar-refractivity contribution in [2.24, 2.45) is 11.0 Å². The van der Waals surface area contributed by atoms with Gasteiger partial charge in [-0.05, 0) is 53.7 Å². The third-order valence-corrected chi connectivity index (χ3v) is 2.73. The normalized spacial score (nSPS) is 16.5. The first-order valence-electron chi connectivity index (χ1n) is 4.76. The number of carbonyl (C=O) groups is 1. The second-order valence-electron chi connectivity index (χ2n) is 3.57. The third-order valence-electron chi connectivity index (χ3n) is 2.30. The number of hydrogen-bond donors (Lipinski definition) is 1. The number of halogens is 1. The van der Waals surface area contributed by atoms with E-state index in [1.807, 2.05) is 6.92 Å². The van der Waals surface area contributed by atoms with Gasteiger partial charge >= 0.3 is 5.91 Å². The number of nitrogens with one attached hydrogen (secondary N) is 1. The van der Waals surface area contributed by atoms with E-state index in [0.29, 0.717) is 10.6 Å². The van der Waals surface area contributed by atoms with Gasteiger partial charge in [-0.3, -0.25) is 4.79 Å². The molecule has 1 aliphatic rings. The fraction of sp³-hybridized carbons (Fsp3) is 0.400. The zero-order valence-electron chi connectivity index (χ0n) is 8.29. The van der Waals surface area contributed by atoms with Crippen molar-refractivity contribution in [1.82, 2.24) is 5.43 Å². The minimum Gasteiger partial charge on any atom is -0.444 e. The van der Waals surface area contributed by atoms with Crippen molar-refractivity contribution in [3.05, 3.63) is 22.6 Å². The van der Waals surface area contributed by atoms with Crippen molar-refractivity contribution in [2.45, 2.75) is 19.8 Å². The van der Waals surface area contributed by atoms with Crippen molar-refractivity contribution in [1.29, 1.82) is 0 Å². The molecule has 80 valence electrons. The second kappa shape index (κ2) is 4.18. The quantitative estimate of drug-likeness (QED) is 0.678. The molecule has 0 radical (unpaired) electrons. The van der Waals surface area contributed by atoms with Gasteiger partial charge < -0.3 is 4.42 Å². The topological polar surface area (TPSA) is 54.6 Å². The van der Waals surface area contributed by atoms with E-state index in [9.17, 15) is 4.79 Å². The van der Waals surface area contributed by atoms with E-state index in [4.69, 9.17) is 4.42 Å². The van der Waals surface area contributed by atoms with Crippen LogP contribution in [0.1, 0.15) is 30.3 Å². The standard InChI is InChI=1S/C10H11BrN2O2/c1-6(7-2-3-7)12-13-10(14)8-4-5-9(11)15-8/h4-5,7H,2-3H2,1H3,(H,13,14)/b12-6+. The van der Waals surface area contributed by atoms with Crippen molar-refractivity contribution >= 4 is 27.5 Å². The zero-order valence-corrected chi connectivity index (χ0v) is 9.87. The van der Waals surface area contributed by atoms with Gasteiger partial charge in [0.15, 0.2) is 10.4 Å². The van der Waals surface area contributed by atoms with Crippen LogP contribution in [0.2, 0.25) is 0 Å². The number of carbonyl (C=O) groups excluding carboxylic acids is 1. The highest BCUT2D eigenvalue weighted by molar-refractivity contribution is 9.10. The van der Waals surface area contributed by atoms with Gasteiger partial charge in [0, 0.05) is 5.71 Å². The highest BCUT2D eigenvalue weighted by atomic mass is 79.9. The number of amides is 1. The lowest BCUT2D eigenvalue weighted by Gasteiger charge is -1.98. The summed E-state index contributed by atoms with van der Waals surface area (Å²) in [6.07, 6.45) is 2.36. The summed E-state index contributed by atoms with van der Waals surface area (Å²) >= 11 is 3.13. The molecule has 1 aromatic heterocycles. The number of nitrogens with zero attached hydrogens (tertiary/aromatic N) is 1. The summed E-state index contributed by atoms with van der Waals surface area (Å²) < 4.78 is 5.63. The average Bonchev–Trinajstić information content (AvgIpc) is 2.97. The fourth-order valence-electron chi connectivity index (χ4n) is 1.22. The lowest BCUT2D eigenvalue weighted by atomic mass is 10.3. The van der Waals surface area contributed by atoms with Crippen LogP contribution in [0.15, 0.2) is 26.3 Å². The van der Waals surface area contributed by atoms with Crippen LogP contribution in [0.25, 0.3) is 0 Å². The minimum atomic E-state index is -0.319. The maximum absolute atomic E-state index is 11.5. The molecule has 0 spiro atoms. The second-order valence-corrected chi connectivity index (χ2v) is 4.35. The first kappa shape index (κ1) is 10.4. The summed E-state index contributed by atoms with van der Waals surface area (Å²) in [5, 5.41) is 4.01. The SMILES string of the molecule is C/C(=N\NC(=O)c1ccc(Br)o1)C1CC1. The Balaban J connectivity index is 1.94. The van der Waals surface area contributed by atoms with E-state index >= 15 is 0 Å². The Labute approximate surface area is 95.9 Å². The molecular weight excluding hydrogens is 260 g/mol. The predicted molar refractivity (Wildman–Crippen MR) is 59.7 cm³/mol. The molecule has 0 unspecified atom stereocenters. The molecule has 1 aliphatic carbocycles. The van der Waals surface area contributed by atoms with Crippen LogP contribution in [0.3, 0.4) is 0 Å². The van der Waals surface area contributed by atoms with Gasteiger partial charge in [-0.25, -0.2) is 5.43 Å². The van der Waals surface area contributed by atoms with Gasteiger partial charge in [0.05, 0.1) is 0 Å². The van der Waals surface area contributed by atoms with Gasteiger partial charge in [-0.2, -0.15) is 5.10 Å². The predicted octanol–water partition coefficient (Wildman–Crippen LogP) is 2.56. The Morgan fingerprint density at radius 3 is 2.87 bits per heavy atom. The maximum Gasteiger partial charge on any atom is 0.307 e. The molecular formula is C10H11BrN2O2. The van der Waals surface area contributed by atoms with Gasteiger partial charge in [-0.15, -0.1) is 0 Å². The van der Waals surface area contributed by atoms with Crippen molar-refractivity contribution < 1.29 is 9.21 Å². The first-order valence-corrected chi connectivity index (χ1v) is 5.56. The zero-order chi connectivity index (χ0) is 10.8. The van der Waals surface area contributed by atoms with Crippen LogP contribution in [-0.2, 0) is 0 Å². The Hall–Kier alpha value is -1.10. The highest BCUT2D eigenvalue weighted by Crippen LogP contribution is 2.30. The molecule has 15 heavy (non-hydrogen) atoms. The lowest BCUT2D eigenvalue weighted by Crippen LogP contribution is -2.18. The van der Waals surface area contributed by atoms with E-state index < -0.39 is 0 Å². The van der Waals surface area contributed by atoms with E-state index in [2.05, 4.69) is 26.5 Å². The highest BCUT2D eigenvalue weighted by Gasteiger charge is 2.24. The van der Waals surface area contributed by atoms with Crippen LogP contribution < -0.4 is 5.43 Å². The molecule has 1 amide bonds. The van der Waals surface area contributed by atoms with E-state index in [1.165, 1.54) is 12.8 Å². The molecule has 0 saturated heterocycles. The molecule has 1 aromatic rings. The van der Waals surface area contributed by atoms with Gasteiger partial charge in [0.1, 0.15) is 0 Å². The van der Waals surface area contributed by atoms with Crippen molar-refractivity contribution in [2.75, 3.05) is 0 Å². The van der Waals surface area contributed by atoms with Crippen LogP contribution in [0, 0.1) is 5.92 Å². The number of rotatable bonds is 3. The molecule has 4 nitrogen and oxygen atoms in total. The van der Waals surface area contributed by atoms with Crippen molar-refractivity contribution in [3.63, 3.8) is 0 Å². The van der Waals surface area contributed by atoms with Gasteiger partial charge in [0.25, 0.3) is 0 Å². The molecule has 0 aromatic carbocycles. The molecule has 0 aliphatic heterocycles.